The lowest BCUT2D eigenvalue weighted by Gasteiger charge is -2.10. The summed E-state index contributed by atoms with van der Waals surface area (Å²) < 4.78 is 52.0. The van der Waals surface area contributed by atoms with Crippen molar-refractivity contribution in [2.45, 2.75) is 10.7 Å². The molecule has 0 saturated carbocycles. The first-order valence-corrected chi connectivity index (χ1v) is 8.26. The maximum Gasteiger partial charge on any atom is 0.326 e. The van der Waals surface area contributed by atoms with Gasteiger partial charge in [-0.2, -0.15) is 8.78 Å². The van der Waals surface area contributed by atoms with Gasteiger partial charge in [-0.05, 0) is 46.3 Å². The third-order valence-electron chi connectivity index (χ3n) is 2.82. The van der Waals surface area contributed by atoms with Gasteiger partial charge in [0.25, 0.3) is 11.7 Å². The number of rotatable bonds is 4. The summed E-state index contributed by atoms with van der Waals surface area (Å²) in [5, 5.41) is 4.04. The largest absolute Gasteiger partial charge is 0.326 e. The van der Waals surface area contributed by atoms with E-state index in [2.05, 4.69) is 21.2 Å². The molecule has 0 spiro atoms. The molecule has 0 bridgehead atoms. The van der Waals surface area contributed by atoms with Gasteiger partial charge in [0.15, 0.2) is 0 Å². The SMILES string of the molecule is O=C(NC(=O)c1c(F)cccc1F)Nc1ccc(SC(F)F)c(Br)c1. The van der Waals surface area contributed by atoms with Crippen molar-refractivity contribution in [2.75, 3.05) is 5.32 Å². The minimum absolute atomic E-state index is 0.185. The minimum Gasteiger partial charge on any atom is -0.308 e. The Kier molecular flexibility index (Phi) is 6.43. The molecule has 0 saturated heterocycles. The number of hydrogen-bond acceptors (Lipinski definition) is 3. The number of thioether (sulfide) groups is 1. The van der Waals surface area contributed by atoms with Crippen molar-refractivity contribution in [2.24, 2.45) is 0 Å². The Hall–Kier alpha value is -2.07. The number of imide groups is 1. The fourth-order valence-corrected chi connectivity index (χ4v) is 2.98. The highest BCUT2D eigenvalue weighted by Crippen LogP contribution is 2.33. The van der Waals surface area contributed by atoms with Crippen LogP contribution in [-0.4, -0.2) is 17.7 Å². The predicted octanol–water partition coefficient (Wildman–Crippen LogP) is 5.00. The lowest BCUT2D eigenvalue weighted by Crippen LogP contribution is -2.35. The van der Waals surface area contributed by atoms with Crippen LogP contribution in [0.5, 0.6) is 0 Å². The fraction of sp³-hybridized carbons (Fsp3) is 0.0667. The van der Waals surface area contributed by atoms with Crippen LogP contribution in [0.2, 0.25) is 0 Å². The average Bonchev–Trinajstić information content (AvgIpc) is 2.49. The summed E-state index contributed by atoms with van der Waals surface area (Å²) in [7, 11) is 0. The monoisotopic (exact) mass is 436 g/mol. The van der Waals surface area contributed by atoms with Gasteiger partial charge in [-0.3, -0.25) is 10.1 Å². The first kappa shape index (κ1) is 19.3. The number of alkyl halides is 2. The summed E-state index contributed by atoms with van der Waals surface area (Å²) in [6, 6.07) is 5.83. The molecule has 2 aromatic rings. The van der Waals surface area contributed by atoms with Crippen LogP contribution in [0, 0.1) is 11.6 Å². The number of carbonyl (C=O) groups is 2. The van der Waals surface area contributed by atoms with E-state index in [1.54, 1.807) is 5.32 Å². The van der Waals surface area contributed by atoms with Crippen molar-refractivity contribution in [3.63, 3.8) is 0 Å². The molecular weight excluding hydrogens is 428 g/mol. The molecule has 2 N–H and O–H groups in total. The van der Waals surface area contributed by atoms with Crippen molar-refractivity contribution in [3.05, 3.63) is 58.1 Å². The summed E-state index contributed by atoms with van der Waals surface area (Å²) in [6.45, 7) is 0. The van der Waals surface area contributed by atoms with Gasteiger partial charge in [-0.1, -0.05) is 17.8 Å². The van der Waals surface area contributed by atoms with E-state index in [1.165, 1.54) is 18.2 Å². The van der Waals surface area contributed by atoms with Crippen LogP contribution >= 0.6 is 27.7 Å². The summed E-state index contributed by atoms with van der Waals surface area (Å²) in [5.41, 5.74) is -0.702. The molecule has 0 aromatic heterocycles. The second-order valence-electron chi connectivity index (χ2n) is 4.53. The molecule has 0 unspecified atom stereocenters. The Bertz CT molecular complexity index is 800. The zero-order valence-electron chi connectivity index (χ0n) is 12.2. The number of anilines is 1. The van der Waals surface area contributed by atoms with Crippen molar-refractivity contribution in [3.8, 4) is 0 Å². The Labute approximate surface area is 152 Å². The molecule has 132 valence electrons. The maximum absolute atomic E-state index is 13.5. The molecule has 0 atom stereocenters. The van der Waals surface area contributed by atoms with Crippen LogP contribution in [0.25, 0.3) is 0 Å². The van der Waals surface area contributed by atoms with Gasteiger partial charge in [-0.15, -0.1) is 0 Å². The van der Waals surface area contributed by atoms with Gasteiger partial charge in [-0.25, -0.2) is 13.6 Å². The van der Waals surface area contributed by atoms with Gasteiger partial charge < -0.3 is 5.32 Å². The number of benzene rings is 2. The molecule has 0 aliphatic heterocycles. The van der Waals surface area contributed by atoms with Gasteiger partial charge in [0.05, 0.1) is 0 Å². The summed E-state index contributed by atoms with van der Waals surface area (Å²) in [4.78, 5) is 23.8. The molecule has 0 heterocycles. The van der Waals surface area contributed by atoms with E-state index in [0.29, 0.717) is 16.2 Å². The average molecular weight is 437 g/mol. The zero-order valence-corrected chi connectivity index (χ0v) is 14.6. The lowest BCUT2D eigenvalue weighted by molar-refractivity contribution is 0.0959. The van der Waals surface area contributed by atoms with E-state index in [-0.39, 0.29) is 10.6 Å². The summed E-state index contributed by atoms with van der Waals surface area (Å²) in [5.74, 6) is -6.08. The smallest absolute Gasteiger partial charge is 0.308 e. The molecule has 2 aromatic carbocycles. The summed E-state index contributed by atoms with van der Waals surface area (Å²) in [6.07, 6.45) is 0. The molecular formula is C15H9BrF4N2O2S. The Morgan fingerprint density at radius 1 is 1.08 bits per heavy atom. The van der Waals surface area contributed by atoms with E-state index in [1.807, 2.05) is 0 Å². The van der Waals surface area contributed by atoms with E-state index < -0.39 is 34.9 Å². The zero-order chi connectivity index (χ0) is 18.6. The highest BCUT2D eigenvalue weighted by molar-refractivity contribution is 9.10. The molecule has 3 amide bonds. The van der Waals surface area contributed by atoms with E-state index >= 15 is 0 Å². The Morgan fingerprint density at radius 3 is 2.28 bits per heavy atom. The van der Waals surface area contributed by atoms with Crippen molar-refractivity contribution in [1.29, 1.82) is 0 Å². The predicted molar refractivity (Wildman–Crippen MR) is 88.8 cm³/mol. The number of urea groups is 1. The second-order valence-corrected chi connectivity index (χ2v) is 6.41. The third kappa shape index (κ3) is 5.20. The molecule has 0 fully saturated rings. The first-order valence-electron chi connectivity index (χ1n) is 6.58. The van der Waals surface area contributed by atoms with Crippen molar-refractivity contribution < 1.29 is 27.2 Å². The summed E-state index contributed by atoms with van der Waals surface area (Å²) >= 11 is 3.40. The van der Waals surface area contributed by atoms with Crippen LogP contribution in [0.1, 0.15) is 10.4 Å². The number of hydrogen-bond donors (Lipinski definition) is 2. The second kappa shape index (κ2) is 8.34. The highest BCUT2D eigenvalue weighted by atomic mass is 79.9. The first-order chi connectivity index (χ1) is 11.8. The number of carbonyl (C=O) groups excluding carboxylic acids is 2. The van der Waals surface area contributed by atoms with E-state index in [9.17, 15) is 27.2 Å². The quantitative estimate of drug-likeness (QED) is 0.523. The Morgan fingerprint density at radius 2 is 1.72 bits per heavy atom. The molecule has 25 heavy (non-hydrogen) atoms. The highest BCUT2D eigenvalue weighted by Gasteiger charge is 2.19. The van der Waals surface area contributed by atoms with Gasteiger partial charge in [0.1, 0.15) is 17.2 Å². The third-order valence-corrected chi connectivity index (χ3v) is 4.53. The molecule has 0 aliphatic rings. The van der Waals surface area contributed by atoms with Crippen LogP contribution in [0.3, 0.4) is 0 Å². The van der Waals surface area contributed by atoms with Crippen LogP contribution in [0.4, 0.5) is 28.0 Å². The maximum atomic E-state index is 13.5. The van der Waals surface area contributed by atoms with Crippen molar-refractivity contribution in [1.82, 2.24) is 5.32 Å². The molecule has 0 radical (unpaired) electrons. The van der Waals surface area contributed by atoms with Crippen molar-refractivity contribution >= 4 is 45.3 Å². The standard InChI is InChI=1S/C15H9BrF4N2O2S/c16-8-6-7(4-5-11(8)25-14(19)20)21-15(24)22-13(23)12-9(17)2-1-3-10(12)18/h1-6,14H,(H2,21,22,23,24). The lowest BCUT2D eigenvalue weighted by atomic mass is 10.2. The molecule has 10 heteroatoms. The van der Waals surface area contributed by atoms with Crippen LogP contribution in [0.15, 0.2) is 45.8 Å². The number of nitrogens with one attached hydrogen (secondary N) is 2. The molecule has 2 rings (SSSR count). The van der Waals surface area contributed by atoms with Gasteiger partial charge in [0, 0.05) is 15.1 Å². The fourth-order valence-electron chi connectivity index (χ4n) is 1.81. The van der Waals surface area contributed by atoms with Crippen LogP contribution in [-0.2, 0) is 0 Å². The topological polar surface area (TPSA) is 58.2 Å². The number of halogens is 5. The number of amides is 3. The van der Waals surface area contributed by atoms with E-state index in [0.717, 1.165) is 18.2 Å². The van der Waals surface area contributed by atoms with Crippen LogP contribution < -0.4 is 10.6 Å². The van der Waals surface area contributed by atoms with Gasteiger partial charge >= 0.3 is 6.03 Å². The van der Waals surface area contributed by atoms with Gasteiger partial charge in [0.2, 0.25) is 0 Å². The molecule has 0 aliphatic carbocycles. The minimum atomic E-state index is -2.60. The molecule has 4 nitrogen and oxygen atoms in total. The Balaban J connectivity index is 2.05. The van der Waals surface area contributed by atoms with E-state index in [4.69, 9.17) is 0 Å². The normalized spacial score (nSPS) is 10.6.